The summed E-state index contributed by atoms with van der Waals surface area (Å²) in [5, 5.41) is 9.22. The van der Waals surface area contributed by atoms with Crippen molar-refractivity contribution in [2.24, 2.45) is 0 Å². The van der Waals surface area contributed by atoms with Crippen LogP contribution in [0.5, 0.6) is 0 Å². The molecule has 1 aliphatic rings. The van der Waals surface area contributed by atoms with E-state index in [1.165, 1.54) is 12.8 Å². The second kappa shape index (κ2) is 4.49. The Morgan fingerprint density at radius 1 is 1.75 bits per heavy atom. The standard InChI is InChI=1S/C10H17NO/c1-3-6-11-7-4-5-10(11)8-9(2)12/h1,9-10,12H,4-8H2,2H3. The molecule has 1 fully saturated rings. The van der Waals surface area contributed by atoms with Crippen LogP contribution in [0.25, 0.3) is 0 Å². The van der Waals surface area contributed by atoms with Crippen LogP contribution in [0.4, 0.5) is 0 Å². The highest BCUT2D eigenvalue weighted by molar-refractivity contribution is 4.92. The third kappa shape index (κ3) is 2.51. The Bertz CT molecular complexity index is 171. The molecule has 0 saturated carbocycles. The van der Waals surface area contributed by atoms with E-state index in [2.05, 4.69) is 10.8 Å². The van der Waals surface area contributed by atoms with E-state index in [1.54, 1.807) is 0 Å². The van der Waals surface area contributed by atoms with Gasteiger partial charge in [-0.25, -0.2) is 0 Å². The molecule has 2 unspecified atom stereocenters. The normalized spacial score (nSPS) is 26.9. The number of likely N-dealkylation sites (tertiary alicyclic amines) is 1. The van der Waals surface area contributed by atoms with Crippen molar-refractivity contribution in [2.45, 2.75) is 38.3 Å². The first-order valence-corrected chi connectivity index (χ1v) is 4.59. The Kier molecular flexibility index (Phi) is 3.58. The van der Waals surface area contributed by atoms with Gasteiger partial charge in [0.05, 0.1) is 12.6 Å². The van der Waals surface area contributed by atoms with Crippen LogP contribution in [0.15, 0.2) is 0 Å². The fourth-order valence-corrected chi connectivity index (χ4v) is 1.88. The first-order chi connectivity index (χ1) is 5.74. The van der Waals surface area contributed by atoms with Crippen molar-refractivity contribution in [2.75, 3.05) is 13.1 Å². The van der Waals surface area contributed by atoms with Crippen LogP contribution in [-0.4, -0.2) is 35.2 Å². The molecule has 1 N–H and O–H groups in total. The van der Waals surface area contributed by atoms with Crippen molar-refractivity contribution in [3.63, 3.8) is 0 Å². The molecule has 2 heteroatoms. The van der Waals surface area contributed by atoms with E-state index in [-0.39, 0.29) is 6.10 Å². The van der Waals surface area contributed by atoms with Gasteiger partial charge in [-0.2, -0.15) is 0 Å². The highest BCUT2D eigenvalue weighted by Crippen LogP contribution is 2.20. The molecular weight excluding hydrogens is 150 g/mol. The van der Waals surface area contributed by atoms with Gasteiger partial charge in [0.2, 0.25) is 0 Å². The molecule has 1 saturated heterocycles. The summed E-state index contributed by atoms with van der Waals surface area (Å²) >= 11 is 0. The fourth-order valence-electron chi connectivity index (χ4n) is 1.88. The number of rotatable bonds is 3. The minimum atomic E-state index is -0.201. The quantitative estimate of drug-likeness (QED) is 0.630. The molecule has 0 bridgehead atoms. The third-order valence-electron chi connectivity index (χ3n) is 2.41. The van der Waals surface area contributed by atoms with Crippen molar-refractivity contribution in [3.05, 3.63) is 0 Å². The second-order valence-electron chi connectivity index (χ2n) is 3.56. The third-order valence-corrected chi connectivity index (χ3v) is 2.41. The maximum absolute atomic E-state index is 9.22. The van der Waals surface area contributed by atoms with E-state index in [1.807, 2.05) is 6.92 Å². The monoisotopic (exact) mass is 167 g/mol. The summed E-state index contributed by atoms with van der Waals surface area (Å²) in [7, 11) is 0. The van der Waals surface area contributed by atoms with Crippen LogP contribution in [0.3, 0.4) is 0 Å². The molecule has 2 nitrogen and oxygen atoms in total. The van der Waals surface area contributed by atoms with Gasteiger partial charge in [-0.05, 0) is 32.7 Å². The summed E-state index contributed by atoms with van der Waals surface area (Å²) in [6.45, 7) is 3.67. The van der Waals surface area contributed by atoms with Gasteiger partial charge < -0.3 is 5.11 Å². The van der Waals surface area contributed by atoms with Gasteiger partial charge in [-0.15, -0.1) is 6.42 Å². The molecule has 1 heterocycles. The summed E-state index contributed by atoms with van der Waals surface area (Å²) in [6, 6.07) is 0.515. The van der Waals surface area contributed by atoms with Gasteiger partial charge in [0.25, 0.3) is 0 Å². The lowest BCUT2D eigenvalue weighted by molar-refractivity contribution is 0.140. The Hall–Kier alpha value is -0.520. The summed E-state index contributed by atoms with van der Waals surface area (Å²) in [5.74, 6) is 2.66. The zero-order chi connectivity index (χ0) is 8.97. The van der Waals surface area contributed by atoms with E-state index in [0.29, 0.717) is 6.04 Å². The van der Waals surface area contributed by atoms with E-state index >= 15 is 0 Å². The molecule has 0 amide bonds. The smallest absolute Gasteiger partial charge is 0.0601 e. The lowest BCUT2D eigenvalue weighted by Gasteiger charge is -2.22. The summed E-state index contributed by atoms with van der Waals surface area (Å²) in [6.07, 6.45) is 8.32. The van der Waals surface area contributed by atoms with Crippen LogP contribution in [0.1, 0.15) is 26.2 Å². The number of nitrogens with zero attached hydrogens (tertiary/aromatic N) is 1. The van der Waals surface area contributed by atoms with Crippen LogP contribution >= 0.6 is 0 Å². The van der Waals surface area contributed by atoms with Gasteiger partial charge in [0, 0.05) is 6.04 Å². The molecule has 0 aromatic rings. The predicted molar refractivity (Wildman–Crippen MR) is 49.7 cm³/mol. The number of aliphatic hydroxyl groups excluding tert-OH is 1. The summed E-state index contributed by atoms with van der Waals surface area (Å²) in [5.41, 5.74) is 0. The predicted octanol–water partition coefficient (Wildman–Crippen LogP) is 0.855. The molecule has 0 aromatic carbocycles. The highest BCUT2D eigenvalue weighted by atomic mass is 16.3. The minimum absolute atomic E-state index is 0.201. The molecule has 0 spiro atoms. The first kappa shape index (κ1) is 9.57. The number of hydrogen-bond acceptors (Lipinski definition) is 2. The van der Waals surface area contributed by atoms with Crippen molar-refractivity contribution in [1.29, 1.82) is 0 Å². The Labute approximate surface area is 74.6 Å². The zero-order valence-corrected chi connectivity index (χ0v) is 7.66. The van der Waals surface area contributed by atoms with Crippen molar-refractivity contribution in [3.8, 4) is 12.3 Å². The average molecular weight is 167 g/mol. The molecule has 0 aliphatic carbocycles. The molecule has 0 aromatic heterocycles. The number of hydrogen-bond donors (Lipinski definition) is 1. The largest absolute Gasteiger partial charge is 0.393 e. The van der Waals surface area contributed by atoms with Gasteiger partial charge in [-0.1, -0.05) is 5.92 Å². The zero-order valence-electron chi connectivity index (χ0n) is 7.66. The second-order valence-corrected chi connectivity index (χ2v) is 3.56. The molecule has 1 rings (SSSR count). The number of aliphatic hydroxyl groups is 1. The van der Waals surface area contributed by atoms with E-state index in [4.69, 9.17) is 6.42 Å². The van der Waals surface area contributed by atoms with E-state index in [0.717, 1.165) is 19.5 Å². The van der Waals surface area contributed by atoms with Gasteiger partial charge in [0.1, 0.15) is 0 Å². The SMILES string of the molecule is C#CCN1CCCC1CC(C)O. The summed E-state index contributed by atoms with van der Waals surface area (Å²) < 4.78 is 0. The lowest BCUT2D eigenvalue weighted by Crippen LogP contribution is -2.32. The molecular formula is C10H17NO. The average Bonchev–Trinajstić information content (AvgIpc) is 2.37. The van der Waals surface area contributed by atoms with Crippen molar-refractivity contribution < 1.29 is 5.11 Å². The highest BCUT2D eigenvalue weighted by Gasteiger charge is 2.24. The molecule has 1 aliphatic heterocycles. The van der Waals surface area contributed by atoms with Crippen LogP contribution < -0.4 is 0 Å². The lowest BCUT2D eigenvalue weighted by atomic mass is 10.1. The maximum Gasteiger partial charge on any atom is 0.0601 e. The van der Waals surface area contributed by atoms with E-state index < -0.39 is 0 Å². The Morgan fingerprint density at radius 2 is 2.50 bits per heavy atom. The molecule has 0 radical (unpaired) electrons. The van der Waals surface area contributed by atoms with Gasteiger partial charge >= 0.3 is 0 Å². The topological polar surface area (TPSA) is 23.5 Å². The van der Waals surface area contributed by atoms with Crippen LogP contribution in [-0.2, 0) is 0 Å². The van der Waals surface area contributed by atoms with Gasteiger partial charge in [-0.3, -0.25) is 4.90 Å². The van der Waals surface area contributed by atoms with E-state index in [9.17, 15) is 5.11 Å². The Balaban J connectivity index is 2.36. The number of terminal acetylenes is 1. The first-order valence-electron chi connectivity index (χ1n) is 4.59. The van der Waals surface area contributed by atoms with Crippen LogP contribution in [0, 0.1) is 12.3 Å². The molecule has 2 atom stereocenters. The van der Waals surface area contributed by atoms with Gasteiger partial charge in [0.15, 0.2) is 0 Å². The fraction of sp³-hybridized carbons (Fsp3) is 0.800. The van der Waals surface area contributed by atoms with Crippen molar-refractivity contribution >= 4 is 0 Å². The minimum Gasteiger partial charge on any atom is -0.393 e. The Morgan fingerprint density at radius 3 is 3.08 bits per heavy atom. The summed E-state index contributed by atoms with van der Waals surface area (Å²) in [4.78, 5) is 2.28. The maximum atomic E-state index is 9.22. The van der Waals surface area contributed by atoms with Crippen LogP contribution in [0.2, 0.25) is 0 Å². The molecule has 12 heavy (non-hydrogen) atoms. The molecule has 68 valence electrons. The van der Waals surface area contributed by atoms with Crippen molar-refractivity contribution in [1.82, 2.24) is 4.90 Å².